The number of anilines is 5. The number of pyridine rings is 3. The molecule has 0 radical (unpaired) electrons. The standard InChI is InChI=1S/C27H21FN6O.C26H25FN6O2.C25H21ClFN5O.C24H20ClFN6O/c1-17-22-14-19(10-13-24(22)31-16-30-17)23-15-29-26(32-25(23)18-8-11-20(28)12-9-18)33-27(35)34(2)21-6-4-3-5-7-21;1-16-21-13-18(5-8-23(21)30-15-29-16)22-14-28-25(31-24(22)17-3-6-19(27)7-4-17)32-26(34)33-11-9-20(35-2)10-12-33;1-16-11-18(13-19(26)12-16)22-14-29-24(30-23(22)17-6-8-20(27)9-7-17)31-25(33)32(2)15-21-5-3-4-10-28-21;1-15-11-17(12-21(25)29-15)20-13-28-23(30-22(20)16-6-8-18(26)9-7-16)31-24(33)32(2)14-19-5-3-4-10-27-19/h3-16H,1-2H3,(H,29,32,33,35);3-8,13-15,20H,9-12H2,1-2H3,(H,28,31,32,34);3-14H,15H2,1-2H3,(H,29,30,31,33);3-13H,14H2,1-2H3,(H,28,30,31,33). The van der Waals surface area contributed by atoms with Gasteiger partial charge in [-0.25, -0.2) is 102 Å². The highest BCUT2D eigenvalue weighted by Gasteiger charge is 2.27. The van der Waals surface area contributed by atoms with E-state index in [1.807, 2.05) is 155 Å². The number of nitrogens with one attached hydrogen (secondary N) is 4. The Labute approximate surface area is 789 Å². The fraction of sp³-hybridized carbons (Fsp3) is 0.147. The lowest BCUT2D eigenvalue weighted by Gasteiger charge is -2.31. The molecule has 8 amide bonds. The van der Waals surface area contributed by atoms with Gasteiger partial charge in [-0.05, 0) is 250 Å². The first-order valence-electron chi connectivity index (χ1n) is 42.7. The van der Waals surface area contributed by atoms with Crippen molar-refractivity contribution in [2.24, 2.45) is 0 Å². The second-order valence-electron chi connectivity index (χ2n) is 31.5. The van der Waals surface area contributed by atoms with E-state index in [0.29, 0.717) is 92.5 Å². The van der Waals surface area contributed by atoms with Crippen LogP contribution in [0, 0.1) is 51.0 Å². The average Bonchev–Trinajstić information content (AvgIpc) is 1.63. The van der Waals surface area contributed by atoms with Gasteiger partial charge >= 0.3 is 24.1 Å². The maximum atomic E-state index is 13.6. The number of fused-ring (bicyclic) bond motifs is 2. The normalized spacial score (nSPS) is 11.6. The lowest BCUT2D eigenvalue weighted by Crippen LogP contribution is -2.43. The molecular weight excluding hydrogens is 1770 g/mol. The number of aromatic nitrogens is 15. The monoisotopic (exact) mass is 1860 g/mol. The van der Waals surface area contributed by atoms with Crippen LogP contribution in [0.1, 0.15) is 46.9 Å². The summed E-state index contributed by atoms with van der Waals surface area (Å²) < 4.78 is 59.7. The van der Waals surface area contributed by atoms with Crippen LogP contribution < -0.4 is 26.2 Å². The summed E-state index contributed by atoms with van der Waals surface area (Å²) in [5.41, 5.74) is 18.5. The van der Waals surface area contributed by atoms with Crippen molar-refractivity contribution in [2.45, 2.75) is 59.7 Å². The number of halogens is 6. The zero-order chi connectivity index (χ0) is 95.5. The van der Waals surface area contributed by atoms with Crippen LogP contribution in [0.3, 0.4) is 0 Å². The number of piperidine rings is 1. The van der Waals surface area contributed by atoms with Crippen molar-refractivity contribution >= 4 is 98.6 Å². The van der Waals surface area contributed by atoms with Crippen molar-refractivity contribution in [1.29, 1.82) is 0 Å². The molecule has 17 aromatic rings. The van der Waals surface area contributed by atoms with Crippen molar-refractivity contribution in [2.75, 3.05) is 67.5 Å². The van der Waals surface area contributed by atoms with Crippen LogP contribution >= 0.6 is 23.2 Å². The number of hydrogen-bond acceptors (Lipinski definition) is 20. The van der Waals surface area contributed by atoms with Gasteiger partial charge in [0.15, 0.2) is 0 Å². The number of benzene rings is 8. The number of aryl methyl sites for hydroxylation is 4. The minimum absolute atomic E-state index is 0.118. The summed E-state index contributed by atoms with van der Waals surface area (Å²) >= 11 is 12.4. The fourth-order valence-corrected chi connectivity index (χ4v) is 15.3. The van der Waals surface area contributed by atoms with E-state index in [0.717, 1.165) is 108 Å². The summed E-state index contributed by atoms with van der Waals surface area (Å²) in [6.45, 7) is 9.49. The molecule has 28 nitrogen and oxygen atoms in total. The lowest BCUT2D eigenvalue weighted by atomic mass is 9.99. The van der Waals surface area contributed by atoms with Crippen molar-refractivity contribution in [3.8, 4) is 89.5 Å². The smallest absolute Gasteiger partial charge is 0.328 e. The molecule has 18 rings (SSSR count). The maximum absolute atomic E-state index is 13.6. The van der Waals surface area contributed by atoms with Crippen molar-refractivity contribution in [3.05, 3.63) is 348 Å². The van der Waals surface area contributed by atoms with E-state index >= 15 is 0 Å². The zero-order valence-corrected chi connectivity index (χ0v) is 76.2. The minimum Gasteiger partial charge on any atom is -0.381 e. The number of amides is 8. The Balaban J connectivity index is 0.000000138. The van der Waals surface area contributed by atoms with Crippen LogP contribution in [-0.4, -0.2) is 161 Å². The molecule has 0 saturated carbocycles. The molecule has 10 heterocycles. The number of urea groups is 4. The molecule has 0 atom stereocenters. The topological polar surface area (TPSA) is 332 Å². The van der Waals surface area contributed by atoms with Gasteiger partial charge < -0.3 is 19.4 Å². The quantitative estimate of drug-likeness (QED) is 0.0458. The molecule has 0 unspecified atom stereocenters. The number of nitrogens with zero attached hydrogens (tertiary/aromatic N) is 19. The van der Waals surface area contributed by atoms with Crippen molar-refractivity contribution in [1.82, 2.24) is 89.5 Å². The third kappa shape index (κ3) is 24.1. The van der Waals surface area contributed by atoms with Gasteiger partial charge in [-0.1, -0.05) is 71.7 Å². The first-order chi connectivity index (χ1) is 65.8. The van der Waals surface area contributed by atoms with E-state index in [1.54, 1.807) is 131 Å². The SMILES string of the molecule is COC1CCN(C(=O)Nc2ncc(-c3ccc4ncnc(C)c4c3)c(-c3ccc(F)cc3)n2)CC1.Cc1cc(-c2cnc(NC(=O)N(C)Cc3ccccn3)nc2-c2ccc(F)cc2)cc(Cl)n1.Cc1cc(Cl)cc(-c2cnc(NC(=O)N(C)Cc3ccccn3)nc2-c2ccc(F)cc2)c1.Cc1ncnc2ccc(-c3cnc(NC(=O)N(C)c4ccccc4)nc3-c3ccc(F)cc3)cc12. The number of rotatable bonds is 18. The Morgan fingerprint density at radius 2 is 0.779 bits per heavy atom. The molecule has 1 aliphatic heterocycles. The highest BCUT2D eigenvalue weighted by Crippen LogP contribution is 2.39. The number of likely N-dealkylation sites (tertiary alicyclic amines) is 1. The maximum Gasteiger partial charge on any atom is 0.328 e. The van der Waals surface area contributed by atoms with Gasteiger partial charge in [0.2, 0.25) is 23.8 Å². The van der Waals surface area contributed by atoms with Gasteiger partial charge in [-0.2, -0.15) is 0 Å². The molecule has 1 fully saturated rings. The van der Waals surface area contributed by atoms with Gasteiger partial charge in [-0.15, -0.1) is 0 Å². The van der Waals surface area contributed by atoms with Crippen molar-refractivity contribution < 1.29 is 41.5 Å². The third-order valence-electron chi connectivity index (χ3n) is 21.8. The van der Waals surface area contributed by atoms with Gasteiger partial charge in [0.05, 0.1) is 64.4 Å². The molecule has 8 aromatic carbocycles. The predicted octanol–water partition coefficient (Wildman–Crippen LogP) is 22.0. The first kappa shape index (κ1) is 94.2. The number of carbonyl (C=O) groups is 4. The summed E-state index contributed by atoms with van der Waals surface area (Å²) in [4.78, 5) is 123. The summed E-state index contributed by atoms with van der Waals surface area (Å²) in [6, 6.07) is 63.9. The number of ether oxygens (including phenoxy) is 1. The zero-order valence-electron chi connectivity index (χ0n) is 74.7. The van der Waals surface area contributed by atoms with Crippen LogP contribution in [0.15, 0.2) is 280 Å². The molecular formula is C102H87Cl2F4N23O5. The number of methoxy groups -OCH3 is 1. The van der Waals surface area contributed by atoms with Crippen LogP contribution in [0.2, 0.25) is 10.2 Å². The average molecular weight is 1860 g/mol. The number of hydrogen-bond donors (Lipinski definition) is 4. The third-order valence-corrected chi connectivity index (χ3v) is 22.2. The van der Waals surface area contributed by atoms with E-state index < -0.39 is 0 Å². The molecule has 682 valence electrons. The Morgan fingerprint density at radius 1 is 0.397 bits per heavy atom. The Morgan fingerprint density at radius 3 is 1.17 bits per heavy atom. The molecule has 0 spiro atoms. The van der Waals surface area contributed by atoms with Gasteiger partial charge in [0.25, 0.3) is 0 Å². The van der Waals surface area contributed by atoms with Crippen LogP contribution in [-0.2, 0) is 17.8 Å². The van der Waals surface area contributed by atoms with Crippen LogP contribution in [0.5, 0.6) is 0 Å². The van der Waals surface area contributed by atoms with E-state index in [2.05, 4.69) is 96.0 Å². The molecule has 4 N–H and O–H groups in total. The van der Waals surface area contributed by atoms with Gasteiger partial charge in [0, 0.05) is 162 Å². The molecule has 1 aliphatic rings. The van der Waals surface area contributed by atoms with Gasteiger partial charge in [-0.3, -0.25) is 36.1 Å². The highest BCUT2D eigenvalue weighted by molar-refractivity contribution is 6.31. The highest BCUT2D eigenvalue weighted by atomic mass is 35.5. The van der Waals surface area contributed by atoms with E-state index in [4.69, 9.17) is 27.9 Å². The minimum atomic E-state index is -0.388. The summed E-state index contributed by atoms with van der Waals surface area (Å²) in [5.74, 6) is -0.813. The summed E-state index contributed by atoms with van der Waals surface area (Å²) in [6.07, 6.45) is 14.7. The number of para-hydroxylation sites is 1. The molecule has 136 heavy (non-hydrogen) atoms. The predicted molar refractivity (Wildman–Crippen MR) is 518 cm³/mol. The molecule has 1 saturated heterocycles. The molecule has 0 aliphatic carbocycles. The van der Waals surface area contributed by atoms with Crippen LogP contribution in [0.4, 0.5) is 66.2 Å². The molecule has 0 bridgehead atoms. The second-order valence-corrected chi connectivity index (χ2v) is 32.3. The van der Waals surface area contributed by atoms with Crippen molar-refractivity contribution in [3.63, 3.8) is 0 Å². The summed E-state index contributed by atoms with van der Waals surface area (Å²) in [5, 5.41) is 13.8. The van der Waals surface area contributed by atoms with E-state index in [1.165, 1.54) is 69.6 Å². The number of carbonyl (C=O) groups excluding carboxylic acids is 4. The Bertz CT molecular complexity index is 6920. The lowest BCUT2D eigenvalue weighted by molar-refractivity contribution is 0.0521. The first-order valence-corrected chi connectivity index (χ1v) is 43.4. The molecule has 9 aromatic heterocycles. The van der Waals surface area contributed by atoms with E-state index in [9.17, 15) is 36.7 Å². The fourth-order valence-electron chi connectivity index (χ4n) is 14.7. The Hall–Kier alpha value is -16.5. The van der Waals surface area contributed by atoms with E-state index in [-0.39, 0.29) is 77.3 Å². The second kappa shape index (κ2) is 43.7. The summed E-state index contributed by atoms with van der Waals surface area (Å²) in [7, 11) is 6.67. The Kier molecular flexibility index (Phi) is 30.3. The van der Waals surface area contributed by atoms with Gasteiger partial charge in [0.1, 0.15) is 41.1 Å². The van der Waals surface area contributed by atoms with Crippen LogP contribution in [0.25, 0.3) is 111 Å². The molecule has 34 heteroatoms. The largest absolute Gasteiger partial charge is 0.381 e.